The second-order valence-corrected chi connectivity index (χ2v) is 10.5. The lowest BCUT2D eigenvalue weighted by Gasteiger charge is -2.36. The zero-order chi connectivity index (χ0) is 28.5. The lowest BCUT2D eigenvalue weighted by molar-refractivity contribution is -0.154. The molecule has 2 amide bonds. The number of pyridine rings is 1. The van der Waals surface area contributed by atoms with Crippen LogP contribution in [0.25, 0.3) is 0 Å². The molecule has 5 rings (SSSR count). The molecule has 3 aliphatic rings. The van der Waals surface area contributed by atoms with Crippen molar-refractivity contribution in [3.63, 3.8) is 0 Å². The van der Waals surface area contributed by atoms with Crippen LogP contribution in [0.1, 0.15) is 24.8 Å². The van der Waals surface area contributed by atoms with E-state index in [0.717, 1.165) is 18.2 Å². The van der Waals surface area contributed by atoms with Crippen LogP contribution >= 0.6 is 23.2 Å². The van der Waals surface area contributed by atoms with E-state index in [2.05, 4.69) is 15.5 Å². The molecule has 0 radical (unpaired) electrons. The van der Waals surface area contributed by atoms with Gasteiger partial charge in [-0.3, -0.25) is 10.1 Å². The first kappa shape index (κ1) is 28.2. The van der Waals surface area contributed by atoms with Gasteiger partial charge in [-0.2, -0.15) is 13.2 Å². The number of hydrogen-bond acceptors (Lipinski definition) is 8. The van der Waals surface area contributed by atoms with Gasteiger partial charge in [-0.25, -0.2) is 9.78 Å². The van der Waals surface area contributed by atoms with Gasteiger partial charge in [-0.05, 0) is 30.3 Å². The van der Waals surface area contributed by atoms with Gasteiger partial charge < -0.3 is 19.5 Å². The summed E-state index contributed by atoms with van der Waals surface area (Å²) in [4.78, 5) is 44.5. The predicted octanol–water partition coefficient (Wildman–Crippen LogP) is 4.83. The van der Waals surface area contributed by atoms with Crippen molar-refractivity contribution >= 4 is 52.4 Å². The molecular weight excluding hydrogens is 576 g/mol. The molecule has 4 heterocycles. The summed E-state index contributed by atoms with van der Waals surface area (Å²) >= 11 is 12.2. The molecule has 1 aromatic carbocycles. The number of anilines is 2. The Morgan fingerprint density at radius 1 is 1.02 bits per heavy atom. The highest BCUT2D eigenvalue weighted by Gasteiger charge is 2.45. The smallest absolute Gasteiger partial charge is 0.388 e. The monoisotopic (exact) mass is 600 g/mol. The van der Waals surface area contributed by atoms with Crippen LogP contribution in [0.5, 0.6) is 0 Å². The van der Waals surface area contributed by atoms with Crippen molar-refractivity contribution in [2.45, 2.75) is 31.0 Å². The van der Waals surface area contributed by atoms with Crippen molar-refractivity contribution in [2.75, 3.05) is 49.5 Å². The SMILES string of the molecule is O=C(Nc1cc(C(F)(F)F)ccc1Cl)ON1CCC2(CC1)CC(C(=O)N1CCN(c3ncccc3Cl)CC1)=NO2. The van der Waals surface area contributed by atoms with E-state index in [9.17, 15) is 22.8 Å². The number of rotatable bonds is 4. The molecule has 3 aliphatic heterocycles. The highest BCUT2D eigenvalue weighted by Crippen LogP contribution is 2.36. The Hall–Kier alpha value is -3.29. The zero-order valence-corrected chi connectivity index (χ0v) is 22.6. The minimum atomic E-state index is -4.59. The number of piperidine rings is 1. The first-order valence-corrected chi connectivity index (χ1v) is 13.3. The Bertz CT molecular complexity index is 1310. The molecule has 0 unspecified atom stereocenters. The van der Waals surface area contributed by atoms with E-state index in [1.807, 2.05) is 4.90 Å². The van der Waals surface area contributed by atoms with E-state index in [-0.39, 0.29) is 29.7 Å². The van der Waals surface area contributed by atoms with Gasteiger partial charge in [0.05, 0.1) is 21.3 Å². The maximum Gasteiger partial charge on any atom is 0.430 e. The number of carbonyl (C=O) groups is 2. The van der Waals surface area contributed by atoms with Crippen LogP contribution in [0.3, 0.4) is 0 Å². The molecule has 2 fully saturated rings. The molecule has 2 saturated heterocycles. The van der Waals surface area contributed by atoms with Crippen molar-refractivity contribution in [2.24, 2.45) is 5.16 Å². The second-order valence-electron chi connectivity index (χ2n) is 9.70. The topological polar surface area (TPSA) is 99.6 Å². The molecule has 0 bridgehead atoms. The molecule has 0 atom stereocenters. The Kier molecular flexibility index (Phi) is 7.98. The number of oxime groups is 1. The van der Waals surface area contributed by atoms with E-state index < -0.39 is 23.4 Å². The van der Waals surface area contributed by atoms with Gasteiger partial charge in [0.2, 0.25) is 0 Å². The van der Waals surface area contributed by atoms with Crippen molar-refractivity contribution in [3.8, 4) is 0 Å². The van der Waals surface area contributed by atoms with Crippen molar-refractivity contribution in [1.82, 2.24) is 14.9 Å². The number of hydroxylamine groups is 2. The standard InChI is InChI=1S/C25H25Cl2F3N6O4/c26-17-4-3-16(25(28,29)30)14-19(17)32-23(38)39-36-8-5-24(6-9-36)15-20(33-40-24)22(37)35-12-10-34(11-13-35)21-18(27)2-1-7-31-21/h1-4,7,14H,5-6,8-13,15H2,(H,32,38). The third kappa shape index (κ3) is 6.21. The maximum atomic E-state index is 13.1. The fraction of sp³-hybridized carbons (Fsp3) is 0.440. The van der Waals surface area contributed by atoms with Crippen LogP contribution in [0.4, 0.5) is 29.5 Å². The van der Waals surface area contributed by atoms with E-state index in [1.165, 1.54) is 5.06 Å². The number of benzene rings is 1. The van der Waals surface area contributed by atoms with E-state index in [0.29, 0.717) is 62.0 Å². The number of alkyl halides is 3. The van der Waals surface area contributed by atoms with Crippen molar-refractivity contribution < 1.29 is 32.4 Å². The summed E-state index contributed by atoms with van der Waals surface area (Å²) in [6, 6.07) is 6.16. The second kappa shape index (κ2) is 11.3. The van der Waals surface area contributed by atoms with E-state index in [4.69, 9.17) is 32.9 Å². The summed E-state index contributed by atoms with van der Waals surface area (Å²) < 4.78 is 38.9. The average Bonchev–Trinajstić information content (AvgIpc) is 3.34. The van der Waals surface area contributed by atoms with Crippen LogP contribution in [0, 0.1) is 0 Å². The summed E-state index contributed by atoms with van der Waals surface area (Å²) in [7, 11) is 0. The molecule has 2 aromatic rings. The van der Waals surface area contributed by atoms with E-state index >= 15 is 0 Å². The number of nitrogens with one attached hydrogen (secondary N) is 1. The predicted molar refractivity (Wildman–Crippen MR) is 141 cm³/mol. The van der Waals surface area contributed by atoms with Gasteiger partial charge in [0, 0.05) is 64.7 Å². The molecule has 10 nitrogen and oxygen atoms in total. The summed E-state index contributed by atoms with van der Waals surface area (Å²) in [6.45, 7) is 2.72. The molecular formula is C25H25Cl2F3N6O4. The Balaban J connectivity index is 1.09. The zero-order valence-electron chi connectivity index (χ0n) is 21.1. The molecule has 214 valence electrons. The van der Waals surface area contributed by atoms with Gasteiger partial charge in [-0.1, -0.05) is 28.4 Å². The average molecular weight is 601 g/mol. The summed E-state index contributed by atoms with van der Waals surface area (Å²) in [5.74, 6) is 0.511. The van der Waals surface area contributed by atoms with Crippen molar-refractivity contribution in [1.29, 1.82) is 0 Å². The largest absolute Gasteiger partial charge is 0.430 e. The Morgan fingerprint density at radius 2 is 1.75 bits per heavy atom. The summed E-state index contributed by atoms with van der Waals surface area (Å²) in [5, 5.41) is 8.23. The van der Waals surface area contributed by atoms with Gasteiger partial charge in [0.25, 0.3) is 5.91 Å². The maximum absolute atomic E-state index is 13.1. The molecule has 15 heteroatoms. The number of piperazine rings is 1. The number of halogens is 5. The third-order valence-corrected chi connectivity index (χ3v) is 7.69. The van der Waals surface area contributed by atoms with Gasteiger partial charge in [0.15, 0.2) is 0 Å². The number of hydrogen-bond donors (Lipinski definition) is 1. The molecule has 40 heavy (non-hydrogen) atoms. The van der Waals surface area contributed by atoms with Crippen molar-refractivity contribution in [3.05, 3.63) is 52.1 Å². The summed E-state index contributed by atoms with van der Waals surface area (Å²) in [6.07, 6.45) is -2.69. The number of carbonyl (C=O) groups excluding carboxylic acids is 2. The lowest BCUT2D eigenvalue weighted by atomic mass is 9.87. The fourth-order valence-corrected chi connectivity index (χ4v) is 5.26. The molecule has 1 spiro atoms. The number of nitrogens with zero attached hydrogens (tertiary/aromatic N) is 5. The Morgan fingerprint density at radius 3 is 2.42 bits per heavy atom. The van der Waals surface area contributed by atoms with Gasteiger partial charge in [0.1, 0.15) is 17.1 Å². The highest BCUT2D eigenvalue weighted by molar-refractivity contribution is 6.39. The highest BCUT2D eigenvalue weighted by atomic mass is 35.5. The van der Waals surface area contributed by atoms with Crippen LogP contribution in [-0.2, 0) is 20.6 Å². The molecule has 1 aromatic heterocycles. The summed E-state index contributed by atoms with van der Waals surface area (Å²) in [5.41, 5.74) is -1.50. The van der Waals surface area contributed by atoms with Crippen LogP contribution < -0.4 is 10.2 Å². The minimum absolute atomic E-state index is 0.0572. The first-order valence-electron chi connectivity index (χ1n) is 12.5. The fourth-order valence-electron chi connectivity index (χ4n) is 4.85. The van der Waals surface area contributed by atoms with Gasteiger partial charge in [-0.15, -0.1) is 5.06 Å². The van der Waals surface area contributed by atoms with Crippen LogP contribution in [-0.4, -0.2) is 77.5 Å². The molecule has 1 N–H and O–H groups in total. The first-order chi connectivity index (χ1) is 19.0. The van der Waals surface area contributed by atoms with Crippen LogP contribution in [0.2, 0.25) is 10.0 Å². The Labute approximate surface area is 237 Å². The number of amides is 2. The molecule has 0 aliphatic carbocycles. The lowest BCUT2D eigenvalue weighted by Crippen LogP contribution is -2.51. The van der Waals surface area contributed by atoms with E-state index in [1.54, 1.807) is 23.2 Å². The quantitative estimate of drug-likeness (QED) is 0.536. The molecule has 0 saturated carbocycles. The normalized spacial score (nSPS) is 19.3. The van der Waals surface area contributed by atoms with Crippen LogP contribution in [0.15, 0.2) is 41.7 Å². The van der Waals surface area contributed by atoms with Gasteiger partial charge >= 0.3 is 12.3 Å². The number of aromatic nitrogens is 1. The third-order valence-electron chi connectivity index (χ3n) is 7.07. The minimum Gasteiger partial charge on any atom is -0.388 e.